The Balaban J connectivity index is 1.51. The molecule has 0 unspecified atom stereocenters. The van der Waals surface area contributed by atoms with Crippen molar-refractivity contribution in [3.8, 4) is 5.75 Å². The number of pyridine rings is 1. The third kappa shape index (κ3) is 4.11. The van der Waals surface area contributed by atoms with Gasteiger partial charge in [0, 0.05) is 44.5 Å². The lowest BCUT2D eigenvalue weighted by Gasteiger charge is -2.35. The van der Waals surface area contributed by atoms with E-state index in [-0.39, 0.29) is 6.54 Å². The molecule has 0 radical (unpaired) electrons. The molecule has 1 aliphatic rings. The Labute approximate surface area is 152 Å². The van der Waals surface area contributed by atoms with Gasteiger partial charge in [-0.2, -0.15) is 0 Å². The van der Waals surface area contributed by atoms with Gasteiger partial charge in [-0.25, -0.2) is 4.98 Å². The Morgan fingerprint density at radius 2 is 1.81 bits per heavy atom. The summed E-state index contributed by atoms with van der Waals surface area (Å²) >= 11 is 0. The molecule has 0 aliphatic carbocycles. The molecule has 2 heterocycles. The van der Waals surface area contributed by atoms with Crippen molar-refractivity contribution < 1.29 is 14.3 Å². The number of benzene rings is 1. The monoisotopic (exact) mass is 354 g/mol. The van der Waals surface area contributed by atoms with Crippen LogP contribution in [0.5, 0.6) is 5.75 Å². The van der Waals surface area contributed by atoms with Gasteiger partial charge in [-0.05, 0) is 18.2 Å². The van der Waals surface area contributed by atoms with Crippen LogP contribution in [0.1, 0.15) is 5.56 Å². The number of aromatic nitrogens is 1. The number of rotatable bonds is 4. The van der Waals surface area contributed by atoms with Crippen LogP contribution in [-0.4, -0.2) is 55.0 Å². The second-order valence-corrected chi connectivity index (χ2v) is 5.96. The van der Waals surface area contributed by atoms with Gasteiger partial charge in [0.05, 0.1) is 7.11 Å². The summed E-state index contributed by atoms with van der Waals surface area (Å²) in [5.74, 6) is 0.479. The molecule has 1 fully saturated rings. The highest BCUT2D eigenvalue weighted by Gasteiger charge is 2.26. The van der Waals surface area contributed by atoms with Crippen molar-refractivity contribution in [2.45, 2.75) is 6.54 Å². The van der Waals surface area contributed by atoms with Crippen LogP contribution >= 0.6 is 0 Å². The van der Waals surface area contributed by atoms with Crippen LogP contribution in [0.4, 0.5) is 5.82 Å². The summed E-state index contributed by atoms with van der Waals surface area (Å²) in [6, 6.07) is 13.1. The number of hydrogen-bond acceptors (Lipinski definition) is 5. The number of anilines is 1. The number of nitrogens with one attached hydrogen (secondary N) is 1. The van der Waals surface area contributed by atoms with Crippen LogP contribution in [0.15, 0.2) is 48.7 Å². The van der Waals surface area contributed by atoms with E-state index in [1.807, 2.05) is 42.5 Å². The van der Waals surface area contributed by atoms with Gasteiger partial charge in [-0.3, -0.25) is 9.59 Å². The fourth-order valence-corrected chi connectivity index (χ4v) is 2.92. The number of carbonyl (C=O) groups excluding carboxylic acids is 2. The average molecular weight is 354 g/mol. The first-order valence-electron chi connectivity index (χ1n) is 8.54. The van der Waals surface area contributed by atoms with Crippen LogP contribution < -0.4 is 15.0 Å². The van der Waals surface area contributed by atoms with Crippen LogP contribution in [0, 0.1) is 0 Å². The normalized spacial score (nSPS) is 14.0. The van der Waals surface area contributed by atoms with Crippen molar-refractivity contribution in [3.05, 3.63) is 54.2 Å². The lowest BCUT2D eigenvalue weighted by Crippen LogP contribution is -2.52. The van der Waals surface area contributed by atoms with Gasteiger partial charge in [0.1, 0.15) is 11.6 Å². The lowest BCUT2D eigenvalue weighted by molar-refractivity contribution is -0.146. The second-order valence-electron chi connectivity index (χ2n) is 5.96. The summed E-state index contributed by atoms with van der Waals surface area (Å²) < 4.78 is 5.25. The Bertz CT molecular complexity index is 758. The highest BCUT2D eigenvalue weighted by molar-refractivity contribution is 6.35. The number of amides is 2. The maximum atomic E-state index is 12.4. The van der Waals surface area contributed by atoms with Crippen molar-refractivity contribution in [2.24, 2.45) is 0 Å². The van der Waals surface area contributed by atoms with Crippen LogP contribution in [-0.2, 0) is 16.1 Å². The van der Waals surface area contributed by atoms with E-state index in [0.29, 0.717) is 31.9 Å². The fourth-order valence-electron chi connectivity index (χ4n) is 2.92. The zero-order chi connectivity index (χ0) is 18.4. The minimum atomic E-state index is -0.595. The first-order valence-corrected chi connectivity index (χ1v) is 8.54. The third-order valence-electron chi connectivity index (χ3n) is 4.37. The first kappa shape index (κ1) is 17.7. The molecule has 0 saturated carbocycles. The van der Waals surface area contributed by atoms with Crippen molar-refractivity contribution in [2.75, 3.05) is 38.2 Å². The van der Waals surface area contributed by atoms with Gasteiger partial charge in [-0.15, -0.1) is 0 Å². The van der Waals surface area contributed by atoms with Crippen molar-refractivity contribution in [3.63, 3.8) is 0 Å². The van der Waals surface area contributed by atoms with E-state index in [9.17, 15) is 9.59 Å². The number of nitrogens with zero attached hydrogens (tertiary/aromatic N) is 3. The molecule has 0 atom stereocenters. The smallest absolute Gasteiger partial charge is 0.312 e. The number of methoxy groups -OCH3 is 1. The Kier molecular flexibility index (Phi) is 5.68. The van der Waals surface area contributed by atoms with E-state index < -0.39 is 11.8 Å². The van der Waals surface area contributed by atoms with Crippen molar-refractivity contribution in [1.82, 2.24) is 15.2 Å². The summed E-state index contributed by atoms with van der Waals surface area (Å²) in [5.41, 5.74) is 0.830. The zero-order valence-electron chi connectivity index (χ0n) is 14.7. The van der Waals surface area contributed by atoms with Crippen LogP contribution in [0.2, 0.25) is 0 Å². The molecule has 1 aromatic heterocycles. The van der Waals surface area contributed by atoms with Gasteiger partial charge in [-0.1, -0.05) is 24.3 Å². The molecule has 0 spiro atoms. The van der Waals surface area contributed by atoms with E-state index in [1.165, 1.54) is 0 Å². The molecule has 7 nitrogen and oxygen atoms in total. The molecule has 2 aromatic rings. The minimum absolute atomic E-state index is 0.252. The number of ether oxygens (including phenoxy) is 1. The molecule has 3 rings (SSSR count). The third-order valence-corrected chi connectivity index (χ3v) is 4.37. The summed E-state index contributed by atoms with van der Waals surface area (Å²) in [5, 5.41) is 2.68. The van der Waals surface area contributed by atoms with Crippen LogP contribution in [0.25, 0.3) is 0 Å². The van der Waals surface area contributed by atoms with E-state index in [2.05, 4.69) is 15.2 Å². The van der Waals surface area contributed by atoms with Gasteiger partial charge in [0.2, 0.25) is 0 Å². The molecule has 1 saturated heterocycles. The summed E-state index contributed by atoms with van der Waals surface area (Å²) in [4.78, 5) is 32.6. The molecule has 7 heteroatoms. The molecule has 136 valence electrons. The quantitative estimate of drug-likeness (QED) is 0.831. The topological polar surface area (TPSA) is 74.8 Å². The Hall–Kier alpha value is -3.09. The maximum Gasteiger partial charge on any atom is 0.312 e. The SMILES string of the molecule is COc1ccccc1CNC(=O)C(=O)N1CCN(c2ccccn2)CC1. The first-order chi connectivity index (χ1) is 12.7. The van der Waals surface area contributed by atoms with E-state index in [1.54, 1.807) is 18.2 Å². The molecular weight excluding hydrogens is 332 g/mol. The lowest BCUT2D eigenvalue weighted by atomic mass is 10.2. The Morgan fingerprint density at radius 1 is 1.08 bits per heavy atom. The largest absolute Gasteiger partial charge is 0.496 e. The summed E-state index contributed by atoms with van der Waals surface area (Å²) in [6.07, 6.45) is 1.75. The standard InChI is InChI=1S/C19H22N4O3/c1-26-16-7-3-2-6-15(16)14-21-18(24)19(25)23-12-10-22(11-13-23)17-8-4-5-9-20-17/h2-9H,10-14H2,1H3,(H,21,24). The Morgan fingerprint density at radius 3 is 2.50 bits per heavy atom. The number of para-hydroxylation sites is 1. The zero-order valence-corrected chi connectivity index (χ0v) is 14.7. The van der Waals surface area contributed by atoms with E-state index in [0.717, 1.165) is 11.4 Å². The van der Waals surface area contributed by atoms with E-state index >= 15 is 0 Å². The maximum absolute atomic E-state index is 12.4. The highest BCUT2D eigenvalue weighted by Crippen LogP contribution is 2.17. The molecule has 2 amide bonds. The van der Waals surface area contributed by atoms with Gasteiger partial charge >= 0.3 is 11.8 Å². The summed E-state index contributed by atoms with van der Waals surface area (Å²) in [7, 11) is 1.58. The van der Waals surface area contributed by atoms with E-state index in [4.69, 9.17) is 4.74 Å². The molecule has 26 heavy (non-hydrogen) atoms. The molecule has 1 aliphatic heterocycles. The van der Waals surface area contributed by atoms with Crippen molar-refractivity contribution in [1.29, 1.82) is 0 Å². The highest BCUT2D eigenvalue weighted by atomic mass is 16.5. The summed E-state index contributed by atoms with van der Waals surface area (Å²) in [6.45, 7) is 2.56. The van der Waals surface area contributed by atoms with Gasteiger partial charge in [0.15, 0.2) is 0 Å². The predicted octanol–water partition coefficient (Wildman–Crippen LogP) is 1.06. The molecular formula is C19H22N4O3. The number of piperazine rings is 1. The van der Waals surface area contributed by atoms with Gasteiger partial charge < -0.3 is 19.9 Å². The fraction of sp³-hybridized carbons (Fsp3) is 0.316. The molecule has 0 bridgehead atoms. The van der Waals surface area contributed by atoms with Gasteiger partial charge in [0.25, 0.3) is 0 Å². The number of carbonyl (C=O) groups is 2. The average Bonchev–Trinajstić information content (AvgIpc) is 2.72. The molecule has 1 aromatic carbocycles. The van der Waals surface area contributed by atoms with Crippen LogP contribution in [0.3, 0.4) is 0 Å². The predicted molar refractivity (Wildman–Crippen MR) is 97.9 cm³/mol. The minimum Gasteiger partial charge on any atom is -0.496 e. The number of hydrogen-bond donors (Lipinski definition) is 1. The van der Waals surface area contributed by atoms with Crippen molar-refractivity contribution >= 4 is 17.6 Å². The molecule has 1 N–H and O–H groups in total. The second kappa shape index (κ2) is 8.33.